The van der Waals surface area contributed by atoms with Crippen LogP contribution in [0, 0.1) is 5.82 Å². The molecule has 0 saturated heterocycles. The smallest absolute Gasteiger partial charge is 0.263 e. The highest BCUT2D eigenvalue weighted by atomic mass is 35.5. The Morgan fingerprint density at radius 2 is 2.10 bits per heavy atom. The number of hydrogen-bond acceptors (Lipinski definition) is 3. The zero-order chi connectivity index (χ0) is 14.1. The molecule has 0 N–H and O–H groups in total. The summed E-state index contributed by atoms with van der Waals surface area (Å²) in [4.78, 5) is 20.4. The van der Waals surface area contributed by atoms with Crippen LogP contribution in [0.2, 0.25) is 5.02 Å². The van der Waals surface area contributed by atoms with Gasteiger partial charge in [0.25, 0.3) is 5.56 Å². The average molecular weight is 290 g/mol. The van der Waals surface area contributed by atoms with E-state index in [-0.39, 0.29) is 17.1 Å². The molecule has 0 aliphatic rings. The van der Waals surface area contributed by atoms with Crippen LogP contribution < -0.4 is 5.56 Å². The van der Waals surface area contributed by atoms with Gasteiger partial charge in [0.15, 0.2) is 5.65 Å². The maximum Gasteiger partial charge on any atom is 0.263 e. The van der Waals surface area contributed by atoms with Crippen LogP contribution in [-0.2, 0) is 6.54 Å². The molecule has 0 unspecified atom stereocenters. The molecule has 20 heavy (non-hydrogen) atoms. The topological polar surface area (TPSA) is 47.8 Å². The van der Waals surface area contributed by atoms with Crippen molar-refractivity contribution >= 4 is 22.6 Å². The predicted molar refractivity (Wildman–Crippen MR) is 74.3 cm³/mol. The van der Waals surface area contributed by atoms with Crippen molar-refractivity contribution in [2.24, 2.45) is 0 Å². The van der Waals surface area contributed by atoms with Crippen LogP contribution in [0.15, 0.2) is 47.7 Å². The van der Waals surface area contributed by atoms with Crippen molar-refractivity contribution in [3.63, 3.8) is 0 Å². The summed E-state index contributed by atoms with van der Waals surface area (Å²) in [6.45, 7) is 0.232. The van der Waals surface area contributed by atoms with E-state index < -0.39 is 5.82 Å². The van der Waals surface area contributed by atoms with E-state index in [0.717, 1.165) is 0 Å². The third kappa shape index (κ3) is 2.28. The Kier molecular flexibility index (Phi) is 3.20. The molecule has 3 aromatic rings. The fourth-order valence-corrected chi connectivity index (χ4v) is 2.17. The monoisotopic (exact) mass is 289 g/mol. The third-order valence-electron chi connectivity index (χ3n) is 2.95. The summed E-state index contributed by atoms with van der Waals surface area (Å²) in [5.74, 6) is -0.410. The molecule has 0 radical (unpaired) electrons. The molecule has 0 saturated carbocycles. The van der Waals surface area contributed by atoms with Gasteiger partial charge < -0.3 is 0 Å². The minimum atomic E-state index is -0.410. The zero-order valence-electron chi connectivity index (χ0n) is 10.3. The molecule has 100 valence electrons. The Bertz CT molecular complexity index is 847. The zero-order valence-corrected chi connectivity index (χ0v) is 11.0. The summed E-state index contributed by atoms with van der Waals surface area (Å²) < 4.78 is 14.4. The van der Waals surface area contributed by atoms with E-state index in [9.17, 15) is 9.18 Å². The van der Waals surface area contributed by atoms with Crippen LogP contribution >= 0.6 is 11.6 Å². The fourth-order valence-electron chi connectivity index (χ4n) is 1.94. The second-order valence-electron chi connectivity index (χ2n) is 4.29. The molecule has 0 spiro atoms. The lowest BCUT2D eigenvalue weighted by Crippen LogP contribution is -2.21. The Morgan fingerprint density at radius 1 is 1.25 bits per heavy atom. The molecular weight excluding hydrogens is 281 g/mol. The number of hydrogen-bond donors (Lipinski definition) is 0. The normalized spacial score (nSPS) is 10.9. The lowest BCUT2D eigenvalue weighted by atomic mass is 10.2. The van der Waals surface area contributed by atoms with Crippen LogP contribution in [0.3, 0.4) is 0 Å². The van der Waals surface area contributed by atoms with Gasteiger partial charge in [0.2, 0.25) is 0 Å². The molecule has 0 fully saturated rings. The number of aromatic nitrogens is 3. The summed E-state index contributed by atoms with van der Waals surface area (Å²) in [6, 6.07) is 7.43. The Labute approximate surface area is 118 Å². The van der Waals surface area contributed by atoms with Gasteiger partial charge in [-0.1, -0.05) is 17.7 Å². The van der Waals surface area contributed by atoms with Crippen molar-refractivity contribution in [3.05, 3.63) is 69.6 Å². The molecular formula is C14H9ClFN3O. The molecule has 0 atom stereocenters. The molecule has 2 heterocycles. The first-order valence-corrected chi connectivity index (χ1v) is 6.27. The number of nitrogens with zero attached hydrogens (tertiary/aromatic N) is 3. The number of fused-ring (bicyclic) bond motifs is 1. The van der Waals surface area contributed by atoms with Crippen molar-refractivity contribution in [2.45, 2.75) is 6.54 Å². The van der Waals surface area contributed by atoms with Gasteiger partial charge in [-0.2, -0.15) is 0 Å². The Morgan fingerprint density at radius 3 is 2.90 bits per heavy atom. The SMILES string of the molecule is O=c1c2cccnc2ncn1Cc1ccc(F)cc1Cl. The predicted octanol–water partition coefficient (Wildman–Crippen LogP) is 2.63. The highest BCUT2D eigenvalue weighted by molar-refractivity contribution is 6.31. The largest absolute Gasteiger partial charge is 0.294 e. The van der Waals surface area contributed by atoms with E-state index in [2.05, 4.69) is 9.97 Å². The first kappa shape index (κ1) is 12.7. The second kappa shape index (κ2) is 5.02. The van der Waals surface area contributed by atoms with Crippen LogP contribution in [0.25, 0.3) is 11.0 Å². The molecule has 0 bridgehead atoms. The first-order chi connectivity index (χ1) is 9.65. The van der Waals surface area contributed by atoms with E-state index in [1.54, 1.807) is 24.4 Å². The highest BCUT2D eigenvalue weighted by Crippen LogP contribution is 2.18. The highest BCUT2D eigenvalue weighted by Gasteiger charge is 2.07. The summed E-state index contributed by atoms with van der Waals surface area (Å²) in [7, 11) is 0. The molecule has 6 heteroatoms. The third-order valence-corrected chi connectivity index (χ3v) is 3.31. The lowest BCUT2D eigenvalue weighted by Gasteiger charge is -2.08. The van der Waals surface area contributed by atoms with Gasteiger partial charge in [-0.3, -0.25) is 9.36 Å². The molecule has 0 aliphatic carbocycles. The quantitative estimate of drug-likeness (QED) is 0.728. The molecule has 1 aromatic carbocycles. The van der Waals surface area contributed by atoms with Crippen LogP contribution in [0.1, 0.15) is 5.56 Å². The van der Waals surface area contributed by atoms with Gasteiger partial charge in [0.05, 0.1) is 11.9 Å². The standard InChI is InChI=1S/C14H9ClFN3O/c15-12-6-10(16)4-3-9(12)7-19-8-18-13-11(14(19)20)2-1-5-17-13/h1-6,8H,7H2. The Hall–Kier alpha value is -2.27. The second-order valence-corrected chi connectivity index (χ2v) is 4.70. The molecule has 0 aliphatic heterocycles. The van der Waals surface area contributed by atoms with Crippen LogP contribution in [0.4, 0.5) is 4.39 Å². The van der Waals surface area contributed by atoms with Gasteiger partial charge in [-0.15, -0.1) is 0 Å². The maximum absolute atomic E-state index is 13.0. The molecule has 2 aromatic heterocycles. The lowest BCUT2D eigenvalue weighted by molar-refractivity contribution is 0.626. The van der Waals surface area contributed by atoms with Crippen molar-refractivity contribution < 1.29 is 4.39 Å². The van der Waals surface area contributed by atoms with E-state index in [1.165, 1.54) is 23.0 Å². The van der Waals surface area contributed by atoms with Gasteiger partial charge in [-0.25, -0.2) is 14.4 Å². The average Bonchev–Trinajstić information content (AvgIpc) is 2.45. The fraction of sp³-hybridized carbons (Fsp3) is 0.0714. The van der Waals surface area contributed by atoms with E-state index in [1.807, 2.05) is 0 Å². The van der Waals surface area contributed by atoms with E-state index >= 15 is 0 Å². The summed E-state index contributed by atoms with van der Waals surface area (Å²) in [5, 5.41) is 0.719. The van der Waals surface area contributed by atoms with Gasteiger partial charge in [0, 0.05) is 11.2 Å². The molecule has 3 rings (SSSR count). The minimum Gasteiger partial charge on any atom is -0.294 e. The van der Waals surface area contributed by atoms with Crippen LogP contribution in [0.5, 0.6) is 0 Å². The van der Waals surface area contributed by atoms with E-state index in [0.29, 0.717) is 16.6 Å². The number of rotatable bonds is 2. The first-order valence-electron chi connectivity index (χ1n) is 5.89. The van der Waals surface area contributed by atoms with Gasteiger partial charge in [0.1, 0.15) is 12.1 Å². The molecule has 0 amide bonds. The summed E-state index contributed by atoms with van der Waals surface area (Å²) in [6.07, 6.45) is 2.99. The summed E-state index contributed by atoms with van der Waals surface area (Å²) >= 11 is 5.96. The number of halogens is 2. The number of benzene rings is 1. The van der Waals surface area contributed by atoms with Gasteiger partial charge in [-0.05, 0) is 29.8 Å². The Balaban J connectivity index is 2.07. The molecule has 4 nitrogen and oxygen atoms in total. The van der Waals surface area contributed by atoms with Crippen molar-refractivity contribution in [1.82, 2.24) is 14.5 Å². The van der Waals surface area contributed by atoms with Crippen molar-refractivity contribution in [2.75, 3.05) is 0 Å². The van der Waals surface area contributed by atoms with Crippen molar-refractivity contribution in [3.8, 4) is 0 Å². The van der Waals surface area contributed by atoms with Gasteiger partial charge >= 0.3 is 0 Å². The summed E-state index contributed by atoms with van der Waals surface area (Å²) in [5.41, 5.74) is 0.850. The van der Waals surface area contributed by atoms with Crippen LogP contribution in [-0.4, -0.2) is 14.5 Å². The van der Waals surface area contributed by atoms with Crippen molar-refractivity contribution in [1.29, 1.82) is 0 Å². The number of pyridine rings is 1. The van der Waals surface area contributed by atoms with E-state index in [4.69, 9.17) is 11.6 Å². The minimum absolute atomic E-state index is 0.205. The maximum atomic E-state index is 13.0.